The van der Waals surface area contributed by atoms with Crippen molar-refractivity contribution in [1.29, 1.82) is 0 Å². The Morgan fingerprint density at radius 2 is 1.53 bits per heavy atom. The summed E-state index contributed by atoms with van der Waals surface area (Å²) in [7, 11) is -8.29. The van der Waals surface area contributed by atoms with E-state index >= 15 is 0 Å². The Morgan fingerprint density at radius 3 is 2.18 bits per heavy atom. The first-order valence-corrected chi connectivity index (χ1v) is 14.0. The van der Waals surface area contributed by atoms with Crippen molar-refractivity contribution in [1.82, 2.24) is 9.97 Å². The van der Waals surface area contributed by atoms with Crippen LogP contribution in [0.25, 0.3) is 0 Å². The van der Waals surface area contributed by atoms with Crippen LogP contribution in [0.3, 0.4) is 0 Å². The summed E-state index contributed by atoms with van der Waals surface area (Å²) in [6.07, 6.45) is 1.42. The Balaban J connectivity index is 1.53. The molecule has 0 aliphatic heterocycles. The fourth-order valence-electron chi connectivity index (χ4n) is 3.40. The second kappa shape index (κ2) is 10.9. The molecule has 1 amide bonds. The Morgan fingerprint density at radius 1 is 0.868 bits per heavy atom. The molecular weight excluding hydrogens is 533 g/mol. The first kappa shape index (κ1) is 26.7. The Hall–Kier alpha value is -4.36. The minimum absolute atomic E-state index is 0.0877. The van der Waals surface area contributed by atoms with E-state index in [4.69, 9.17) is 0 Å². The molecule has 0 saturated carbocycles. The Labute approximate surface area is 219 Å². The van der Waals surface area contributed by atoms with Gasteiger partial charge in [0, 0.05) is 17.6 Å². The maximum atomic E-state index is 14.6. The smallest absolute Gasteiger partial charge is 0.264 e. The SMILES string of the molecule is Cc1ccnc(NS(=O)(=O)c2ccc(NC(=O)CN(c3ccccc3F)S(=O)(=O)c3ccccc3)cc2)n1. The molecule has 0 aliphatic rings. The lowest BCUT2D eigenvalue weighted by Crippen LogP contribution is -2.38. The number of para-hydroxylation sites is 1. The van der Waals surface area contributed by atoms with E-state index in [9.17, 15) is 26.0 Å². The zero-order valence-electron chi connectivity index (χ0n) is 19.9. The van der Waals surface area contributed by atoms with E-state index in [1.165, 1.54) is 72.9 Å². The van der Waals surface area contributed by atoms with Crippen LogP contribution < -0.4 is 14.3 Å². The molecule has 13 heteroatoms. The summed E-state index contributed by atoms with van der Waals surface area (Å²) in [4.78, 5) is 20.5. The number of hydrogen-bond donors (Lipinski definition) is 2. The maximum absolute atomic E-state index is 14.6. The highest BCUT2D eigenvalue weighted by molar-refractivity contribution is 7.93. The molecule has 3 aromatic carbocycles. The molecule has 0 bridgehead atoms. The highest BCUT2D eigenvalue weighted by atomic mass is 32.2. The van der Waals surface area contributed by atoms with Crippen molar-refractivity contribution >= 4 is 43.3 Å². The molecule has 0 atom stereocenters. The largest absolute Gasteiger partial charge is 0.325 e. The molecule has 10 nitrogen and oxygen atoms in total. The van der Waals surface area contributed by atoms with Crippen LogP contribution >= 0.6 is 0 Å². The number of halogens is 1. The zero-order chi connectivity index (χ0) is 27.3. The van der Waals surface area contributed by atoms with Gasteiger partial charge in [-0.1, -0.05) is 30.3 Å². The number of amides is 1. The summed E-state index contributed by atoms with van der Waals surface area (Å²) in [6, 6.07) is 19.4. The number of aryl methyl sites for hydroxylation is 1. The summed E-state index contributed by atoms with van der Waals surface area (Å²) >= 11 is 0. The lowest BCUT2D eigenvalue weighted by molar-refractivity contribution is -0.114. The molecule has 0 fully saturated rings. The first-order valence-electron chi connectivity index (χ1n) is 11.1. The fourth-order valence-corrected chi connectivity index (χ4v) is 5.80. The van der Waals surface area contributed by atoms with E-state index in [0.717, 1.165) is 6.07 Å². The molecule has 0 spiro atoms. The Kier molecular flexibility index (Phi) is 7.69. The monoisotopic (exact) mass is 555 g/mol. The minimum atomic E-state index is -4.29. The van der Waals surface area contributed by atoms with Crippen LogP contribution in [0.1, 0.15) is 5.69 Å². The summed E-state index contributed by atoms with van der Waals surface area (Å²) in [6.45, 7) is 0.958. The van der Waals surface area contributed by atoms with E-state index < -0.39 is 38.3 Å². The van der Waals surface area contributed by atoms with Gasteiger partial charge in [-0.2, -0.15) is 0 Å². The molecule has 38 heavy (non-hydrogen) atoms. The van der Waals surface area contributed by atoms with Crippen molar-refractivity contribution in [2.75, 3.05) is 20.9 Å². The van der Waals surface area contributed by atoms with Gasteiger partial charge in [-0.3, -0.25) is 9.10 Å². The van der Waals surface area contributed by atoms with Crippen LogP contribution in [0.4, 0.5) is 21.7 Å². The summed E-state index contributed by atoms with van der Waals surface area (Å²) < 4.78 is 69.4. The van der Waals surface area contributed by atoms with E-state index in [1.54, 1.807) is 19.1 Å². The van der Waals surface area contributed by atoms with Crippen LogP contribution in [-0.4, -0.2) is 39.3 Å². The van der Waals surface area contributed by atoms with Crippen molar-refractivity contribution in [3.05, 3.63) is 103 Å². The number of carbonyl (C=O) groups is 1. The molecule has 2 N–H and O–H groups in total. The number of benzene rings is 3. The topological polar surface area (TPSA) is 138 Å². The van der Waals surface area contributed by atoms with Gasteiger partial charge < -0.3 is 5.32 Å². The molecule has 0 aliphatic carbocycles. The molecule has 196 valence electrons. The van der Waals surface area contributed by atoms with Crippen LogP contribution in [0.15, 0.2) is 101 Å². The van der Waals surface area contributed by atoms with Gasteiger partial charge in [-0.05, 0) is 61.5 Å². The zero-order valence-corrected chi connectivity index (χ0v) is 21.6. The normalized spacial score (nSPS) is 11.5. The van der Waals surface area contributed by atoms with Gasteiger partial charge in [0.1, 0.15) is 12.4 Å². The van der Waals surface area contributed by atoms with Crippen molar-refractivity contribution in [2.45, 2.75) is 16.7 Å². The number of nitrogens with zero attached hydrogens (tertiary/aromatic N) is 3. The van der Waals surface area contributed by atoms with Gasteiger partial charge in [0.25, 0.3) is 20.0 Å². The van der Waals surface area contributed by atoms with Gasteiger partial charge in [-0.25, -0.2) is 35.9 Å². The third-order valence-corrected chi connectivity index (χ3v) is 8.33. The molecule has 0 saturated heterocycles. The van der Waals surface area contributed by atoms with Gasteiger partial charge in [0.2, 0.25) is 11.9 Å². The number of nitrogens with one attached hydrogen (secondary N) is 2. The molecule has 0 unspecified atom stereocenters. The highest BCUT2D eigenvalue weighted by Crippen LogP contribution is 2.26. The molecule has 4 aromatic rings. The van der Waals surface area contributed by atoms with Crippen LogP contribution in [0.2, 0.25) is 0 Å². The third kappa shape index (κ3) is 6.12. The second-order valence-electron chi connectivity index (χ2n) is 7.98. The lowest BCUT2D eigenvalue weighted by atomic mass is 10.3. The van der Waals surface area contributed by atoms with Crippen molar-refractivity contribution in [3.8, 4) is 0 Å². The van der Waals surface area contributed by atoms with Crippen LogP contribution in [0.5, 0.6) is 0 Å². The first-order chi connectivity index (χ1) is 18.1. The quantitative estimate of drug-likeness (QED) is 0.322. The lowest BCUT2D eigenvalue weighted by Gasteiger charge is -2.24. The minimum Gasteiger partial charge on any atom is -0.325 e. The fraction of sp³-hybridized carbons (Fsp3) is 0.0800. The highest BCUT2D eigenvalue weighted by Gasteiger charge is 2.29. The van der Waals surface area contributed by atoms with E-state index in [-0.39, 0.29) is 27.1 Å². The average molecular weight is 556 g/mol. The Bertz CT molecular complexity index is 1670. The maximum Gasteiger partial charge on any atom is 0.264 e. The summed E-state index contributed by atoms with van der Waals surface area (Å²) in [5.41, 5.74) is 0.484. The average Bonchev–Trinajstić information content (AvgIpc) is 2.88. The van der Waals surface area contributed by atoms with E-state index in [1.807, 2.05) is 0 Å². The standard InChI is InChI=1S/C25H22FN5O5S2/c1-18-15-16-27-25(28-18)30-37(33,34)20-13-11-19(12-14-20)29-24(32)17-31(23-10-6-5-9-22(23)26)38(35,36)21-7-3-2-4-8-21/h2-16H,17H2,1H3,(H,29,32)(H,27,28,30). The second-order valence-corrected chi connectivity index (χ2v) is 11.5. The van der Waals surface area contributed by atoms with Gasteiger partial charge in [0.05, 0.1) is 15.5 Å². The predicted octanol–water partition coefficient (Wildman–Crippen LogP) is 3.56. The van der Waals surface area contributed by atoms with Crippen LogP contribution in [0, 0.1) is 12.7 Å². The van der Waals surface area contributed by atoms with Crippen molar-refractivity contribution < 1.29 is 26.0 Å². The van der Waals surface area contributed by atoms with Crippen molar-refractivity contribution in [3.63, 3.8) is 0 Å². The number of aromatic nitrogens is 2. The molecule has 1 heterocycles. The molecule has 4 rings (SSSR count). The van der Waals surface area contributed by atoms with Crippen LogP contribution in [-0.2, 0) is 24.8 Å². The molecule has 1 aromatic heterocycles. The number of hydrogen-bond acceptors (Lipinski definition) is 7. The van der Waals surface area contributed by atoms with E-state index in [0.29, 0.717) is 10.00 Å². The number of rotatable bonds is 9. The third-order valence-electron chi connectivity index (χ3n) is 5.21. The van der Waals surface area contributed by atoms with Gasteiger partial charge in [-0.15, -0.1) is 0 Å². The summed E-state index contributed by atoms with van der Waals surface area (Å²) in [5.74, 6) is -1.68. The number of anilines is 3. The van der Waals surface area contributed by atoms with Gasteiger partial charge >= 0.3 is 0 Å². The van der Waals surface area contributed by atoms with Gasteiger partial charge in [0.15, 0.2) is 0 Å². The van der Waals surface area contributed by atoms with E-state index in [2.05, 4.69) is 20.0 Å². The molecule has 0 radical (unpaired) electrons. The summed E-state index contributed by atoms with van der Waals surface area (Å²) in [5, 5.41) is 2.51. The molecular formula is C25H22FN5O5S2. The number of carbonyl (C=O) groups excluding carboxylic acids is 1. The van der Waals surface area contributed by atoms with Crippen molar-refractivity contribution in [2.24, 2.45) is 0 Å². The number of sulfonamides is 2. The predicted molar refractivity (Wildman–Crippen MR) is 140 cm³/mol.